The summed E-state index contributed by atoms with van der Waals surface area (Å²) >= 11 is 0. The maximum absolute atomic E-state index is 11.5. The van der Waals surface area contributed by atoms with Crippen molar-refractivity contribution in [3.8, 4) is 0 Å². The third kappa shape index (κ3) is 12.4. The van der Waals surface area contributed by atoms with Crippen molar-refractivity contribution in [1.29, 1.82) is 0 Å². The molecule has 0 aliphatic rings. The van der Waals surface area contributed by atoms with E-state index in [0.29, 0.717) is 12.8 Å². The number of carbonyl (C=O) groups excluding carboxylic acids is 2. The zero-order chi connectivity index (χ0) is 25.3. The van der Waals surface area contributed by atoms with Gasteiger partial charge in [0.25, 0.3) is 0 Å². The van der Waals surface area contributed by atoms with E-state index in [9.17, 15) is 14.4 Å². The van der Waals surface area contributed by atoms with Gasteiger partial charge in [-0.05, 0) is 50.7 Å². The Balaban J connectivity index is 0.000000350. The van der Waals surface area contributed by atoms with Gasteiger partial charge < -0.3 is 14.6 Å². The summed E-state index contributed by atoms with van der Waals surface area (Å²) in [5.41, 5.74) is 2.45. The first-order valence-electron chi connectivity index (χ1n) is 11.6. The first kappa shape index (κ1) is 29.2. The predicted octanol–water partition coefficient (Wildman–Crippen LogP) is 4.93. The fourth-order valence-corrected chi connectivity index (χ4v) is 3.76. The summed E-state index contributed by atoms with van der Waals surface area (Å²) in [7, 11) is 3.19. The summed E-state index contributed by atoms with van der Waals surface area (Å²) in [6.07, 6.45) is 3.32. The molecule has 0 aliphatic heterocycles. The van der Waals surface area contributed by atoms with Gasteiger partial charge in [-0.1, -0.05) is 60.7 Å². The van der Waals surface area contributed by atoms with Gasteiger partial charge in [0.2, 0.25) is 0 Å². The maximum Gasteiger partial charge on any atom is 0.304 e. The van der Waals surface area contributed by atoms with Crippen LogP contribution in [0.15, 0.2) is 60.7 Å². The van der Waals surface area contributed by atoms with E-state index in [4.69, 9.17) is 14.6 Å². The van der Waals surface area contributed by atoms with Crippen LogP contribution in [0.1, 0.15) is 50.7 Å². The number of carboxylic acid groups (broad SMARTS) is 1. The Bertz CT molecular complexity index is 850. The molecule has 0 bridgehead atoms. The summed E-state index contributed by atoms with van der Waals surface area (Å²) in [6, 6.07) is 20.1. The van der Waals surface area contributed by atoms with Gasteiger partial charge >= 0.3 is 5.97 Å². The van der Waals surface area contributed by atoms with Crippen LogP contribution in [-0.4, -0.2) is 49.1 Å². The lowest BCUT2D eigenvalue weighted by molar-refractivity contribution is -0.143. The quantitative estimate of drug-likeness (QED) is 0.421. The van der Waals surface area contributed by atoms with Gasteiger partial charge in [-0.25, -0.2) is 0 Å². The number of methoxy groups -OCH3 is 2. The molecule has 0 fully saturated rings. The fraction of sp³-hybridized carbons (Fsp3) is 0.464. The monoisotopic (exact) mass is 470 g/mol. The van der Waals surface area contributed by atoms with E-state index in [2.05, 4.69) is 12.1 Å². The summed E-state index contributed by atoms with van der Waals surface area (Å²) in [5, 5.41) is 8.85. The van der Waals surface area contributed by atoms with E-state index in [-0.39, 0.29) is 30.2 Å². The van der Waals surface area contributed by atoms with Gasteiger partial charge in [0.05, 0.1) is 24.5 Å². The number of hydrogen-bond donors (Lipinski definition) is 1. The number of hydrogen-bond acceptors (Lipinski definition) is 5. The molecule has 6 nitrogen and oxygen atoms in total. The number of carbonyl (C=O) groups is 3. The van der Waals surface area contributed by atoms with Crippen molar-refractivity contribution in [3.05, 3.63) is 71.8 Å². The summed E-state index contributed by atoms with van der Waals surface area (Å²) in [6.45, 7) is 3.02. The molecule has 0 saturated carbocycles. The van der Waals surface area contributed by atoms with E-state index < -0.39 is 11.9 Å². The smallest absolute Gasteiger partial charge is 0.304 e. The van der Waals surface area contributed by atoms with Crippen LogP contribution in [0.3, 0.4) is 0 Å². The Morgan fingerprint density at radius 2 is 1.26 bits per heavy atom. The normalized spacial score (nSPS) is 13.2. The van der Waals surface area contributed by atoms with Crippen LogP contribution in [0.5, 0.6) is 0 Å². The minimum atomic E-state index is -0.970. The highest BCUT2D eigenvalue weighted by Gasteiger charge is 2.27. The van der Waals surface area contributed by atoms with Crippen LogP contribution in [0.4, 0.5) is 0 Å². The fourth-order valence-electron chi connectivity index (χ4n) is 3.76. The molecule has 186 valence electrons. The average molecular weight is 471 g/mol. The summed E-state index contributed by atoms with van der Waals surface area (Å²) in [5.74, 6) is -1.50. The topological polar surface area (TPSA) is 89.9 Å². The van der Waals surface area contributed by atoms with Crippen LogP contribution in [0.25, 0.3) is 0 Å². The van der Waals surface area contributed by atoms with Gasteiger partial charge in [0.1, 0.15) is 11.6 Å². The highest BCUT2D eigenvalue weighted by Crippen LogP contribution is 2.19. The predicted molar refractivity (Wildman–Crippen MR) is 133 cm³/mol. The van der Waals surface area contributed by atoms with Crippen molar-refractivity contribution in [3.63, 3.8) is 0 Å². The molecule has 1 N–H and O–H groups in total. The van der Waals surface area contributed by atoms with Crippen LogP contribution in [0, 0.1) is 5.92 Å². The standard InChI is InChI=1S/C15H20O4.C13H18O2/c1-11(16)13(10-15(17)18)14(19-2)9-8-12-6-4-3-5-7-12;1-11(14)10-13(15-2)9-8-12-6-4-3-5-7-12/h3-7,13-14H,8-10H2,1-2H3,(H,17,18);3-7,13H,8-10H2,1-2H3. The Morgan fingerprint density at radius 3 is 1.65 bits per heavy atom. The van der Waals surface area contributed by atoms with Crippen molar-refractivity contribution in [1.82, 2.24) is 0 Å². The molecule has 2 rings (SSSR count). The van der Waals surface area contributed by atoms with Gasteiger partial charge in [-0.2, -0.15) is 0 Å². The first-order valence-corrected chi connectivity index (χ1v) is 11.6. The molecule has 0 heterocycles. The van der Waals surface area contributed by atoms with Gasteiger partial charge in [0, 0.05) is 20.6 Å². The van der Waals surface area contributed by atoms with E-state index in [1.54, 1.807) is 14.0 Å². The molecule has 2 aromatic rings. The highest BCUT2D eigenvalue weighted by atomic mass is 16.5. The maximum atomic E-state index is 11.5. The second-order valence-electron chi connectivity index (χ2n) is 8.40. The number of Topliss-reactive ketones (excluding diaryl/α,β-unsaturated/α-hetero) is 2. The number of ketones is 2. The molecule has 2 aromatic carbocycles. The average Bonchev–Trinajstić information content (AvgIpc) is 2.82. The molecule has 0 amide bonds. The van der Waals surface area contributed by atoms with Gasteiger partial charge in [-0.15, -0.1) is 0 Å². The van der Waals surface area contributed by atoms with Crippen molar-refractivity contribution in [2.24, 2.45) is 5.92 Å². The third-order valence-electron chi connectivity index (χ3n) is 5.67. The second-order valence-corrected chi connectivity index (χ2v) is 8.40. The summed E-state index contributed by atoms with van der Waals surface area (Å²) in [4.78, 5) is 33.3. The molecular weight excluding hydrogens is 432 g/mol. The SMILES string of the molecule is COC(CCc1ccccc1)C(CC(=O)O)C(C)=O.COC(CCc1ccccc1)CC(C)=O. The number of ether oxygens (including phenoxy) is 2. The van der Waals surface area contributed by atoms with Crippen LogP contribution in [-0.2, 0) is 36.7 Å². The molecule has 0 aromatic heterocycles. The Morgan fingerprint density at radius 1 is 0.765 bits per heavy atom. The van der Waals surface area contributed by atoms with Crippen molar-refractivity contribution in [2.45, 2.75) is 64.6 Å². The number of benzene rings is 2. The highest BCUT2D eigenvalue weighted by molar-refractivity contribution is 5.83. The minimum absolute atomic E-state index is 0.0581. The molecule has 0 radical (unpaired) electrons. The molecule has 0 aliphatic carbocycles. The number of rotatable bonds is 14. The Kier molecular flexibility index (Phi) is 14.4. The Labute approximate surface area is 203 Å². The lowest BCUT2D eigenvalue weighted by atomic mass is 9.90. The van der Waals surface area contributed by atoms with Crippen molar-refractivity contribution < 1.29 is 29.0 Å². The van der Waals surface area contributed by atoms with E-state index >= 15 is 0 Å². The van der Waals surface area contributed by atoms with E-state index in [1.165, 1.54) is 19.6 Å². The summed E-state index contributed by atoms with van der Waals surface area (Å²) < 4.78 is 10.6. The molecule has 0 spiro atoms. The van der Waals surface area contributed by atoms with E-state index in [0.717, 1.165) is 24.8 Å². The largest absolute Gasteiger partial charge is 0.481 e. The van der Waals surface area contributed by atoms with Crippen LogP contribution < -0.4 is 0 Å². The number of carboxylic acids is 1. The van der Waals surface area contributed by atoms with Crippen LogP contribution >= 0.6 is 0 Å². The lowest BCUT2D eigenvalue weighted by Gasteiger charge is -2.22. The second kappa shape index (κ2) is 16.7. The molecular formula is C28H38O6. The minimum Gasteiger partial charge on any atom is -0.481 e. The number of aliphatic carboxylic acids is 1. The zero-order valence-corrected chi connectivity index (χ0v) is 20.7. The third-order valence-corrected chi connectivity index (χ3v) is 5.67. The number of aryl methyl sites for hydroxylation is 2. The Hall–Kier alpha value is -2.83. The van der Waals surface area contributed by atoms with Crippen LogP contribution in [0.2, 0.25) is 0 Å². The molecule has 34 heavy (non-hydrogen) atoms. The molecule has 0 saturated heterocycles. The molecule has 3 unspecified atom stereocenters. The van der Waals surface area contributed by atoms with Gasteiger partial charge in [-0.3, -0.25) is 14.4 Å². The first-order chi connectivity index (χ1) is 16.3. The molecule has 3 atom stereocenters. The lowest BCUT2D eigenvalue weighted by Crippen LogP contribution is -2.31. The van der Waals surface area contributed by atoms with Crippen molar-refractivity contribution >= 4 is 17.5 Å². The van der Waals surface area contributed by atoms with Gasteiger partial charge in [0.15, 0.2) is 0 Å². The molecule has 6 heteroatoms. The van der Waals surface area contributed by atoms with Crippen molar-refractivity contribution in [2.75, 3.05) is 14.2 Å². The van der Waals surface area contributed by atoms with E-state index in [1.807, 2.05) is 48.5 Å². The zero-order valence-electron chi connectivity index (χ0n) is 20.7.